The van der Waals surface area contributed by atoms with Crippen molar-refractivity contribution < 1.29 is 4.92 Å². The number of fused-ring (bicyclic) bond motifs is 2. The smallest absolute Gasteiger partial charge is 0.297 e. The molecule has 2 heterocycles. The van der Waals surface area contributed by atoms with Gasteiger partial charge in [0.15, 0.2) is 5.52 Å². The minimum atomic E-state index is -0.447. The molecule has 0 atom stereocenters. The van der Waals surface area contributed by atoms with Crippen molar-refractivity contribution in [3.8, 4) is 0 Å². The summed E-state index contributed by atoms with van der Waals surface area (Å²) >= 11 is 0. The molecule has 2 aromatic heterocycles. The Morgan fingerprint density at radius 3 is 2.68 bits per heavy atom. The number of nitrogen functional groups attached to an aromatic ring is 1. The maximum absolute atomic E-state index is 11.1. The van der Waals surface area contributed by atoms with Gasteiger partial charge in [0.1, 0.15) is 17.5 Å². The molecule has 25 heavy (non-hydrogen) atoms. The topological polar surface area (TPSA) is 150 Å². The van der Waals surface area contributed by atoms with Crippen LogP contribution >= 0.6 is 0 Å². The first-order chi connectivity index (χ1) is 12.0. The van der Waals surface area contributed by atoms with Gasteiger partial charge >= 0.3 is 0 Å². The Labute approximate surface area is 140 Å². The fourth-order valence-corrected chi connectivity index (χ4v) is 2.77. The third kappa shape index (κ3) is 2.57. The highest BCUT2D eigenvalue weighted by molar-refractivity contribution is 5.97. The second-order valence-corrected chi connectivity index (χ2v) is 5.62. The lowest BCUT2D eigenvalue weighted by Crippen LogP contribution is -2.10. The summed E-state index contributed by atoms with van der Waals surface area (Å²) in [4.78, 5) is 25.7. The number of nitro benzene ring substituents is 1. The van der Waals surface area contributed by atoms with E-state index in [0.29, 0.717) is 34.7 Å². The fourth-order valence-electron chi connectivity index (χ4n) is 2.77. The Bertz CT molecular complexity index is 1140. The summed E-state index contributed by atoms with van der Waals surface area (Å²) in [5.41, 5.74) is 8.54. The van der Waals surface area contributed by atoms with Crippen molar-refractivity contribution in [3.05, 3.63) is 63.7 Å². The van der Waals surface area contributed by atoms with Crippen molar-refractivity contribution in [2.24, 2.45) is 5.73 Å². The molecule has 0 aliphatic heterocycles. The lowest BCUT2D eigenvalue weighted by molar-refractivity contribution is -0.383. The lowest BCUT2D eigenvalue weighted by atomic mass is 10.2. The van der Waals surface area contributed by atoms with Crippen molar-refractivity contribution in [1.29, 1.82) is 5.41 Å². The largest absolute Gasteiger partial charge is 0.384 e. The minimum absolute atomic E-state index is 0.0114. The number of rotatable bonds is 4. The molecule has 4 rings (SSSR count). The van der Waals surface area contributed by atoms with Crippen LogP contribution in [0.4, 0.5) is 5.69 Å². The van der Waals surface area contributed by atoms with Gasteiger partial charge in [0.2, 0.25) is 0 Å². The summed E-state index contributed by atoms with van der Waals surface area (Å²) in [7, 11) is 0. The Kier molecular flexibility index (Phi) is 3.21. The van der Waals surface area contributed by atoms with Gasteiger partial charge < -0.3 is 15.7 Å². The number of imidazole rings is 2. The molecule has 9 heteroatoms. The molecule has 5 N–H and O–H groups in total. The van der Waals surface area contributed by atoms with Gasteiger partial charge in [-0.3, -0.25) is 15.5 Å². The van der Waals surface area contributed by atoms with Crippen LogP contribution in [0, 0.1) is 15.5 Å². The zero-order chi connectivity index (χ0) is 17.6. The van der Waals surface area contributed by atoms with Crippen LogP contribution in [0.15, 0.2) is 36.4 Å². The molecular formula is C16H13N7O2. The number of amidine groups is 1. The van der Waals surface area contributed by atoms with E-state index in [1.54, 1.807) is 30.3 Å². The summed E-state index contributed by atoms with van der Waals surface area (Å²) in [6.45, 7) is 0. The van der Waals surface area contributed by atoms with Crippen LogP contribution < -0.4 is 5.73 Å². The number of hydrogen-bond acceptors (Lipinski definition) is 5. The van der Waals surface area contributed by atoms with Gasteiger partial charge in [-0.2, -0.15) is 0 Å². The van der Waals surface area contributed by atoms with Crippen LogP contribution in [0.2, 0.25) is 0 Å². The number of nitrogens with zero attached hydrogens (tertiary/aromatic N) is 3. The van der Waals surface area contributed by atoms with Crippen molar-refractivity contribution in [2.75, 3.05) is 0 Å². The van der Waals surface area contributed by atoms with Crippen molar-refractivity contribution in [3.63, 3.8) is 0 Å². The van der Waals surface area contributed by atoms with Crippen LogP contribution in [0.1, 0.15) is 17.2 Å². The van der Waals surface area contributed by atoms with Gasteiger partial charge in [0.05, 0.1) is 27.9 Å². The van der Waals surface area contributed by atoms with E-state index >= 15 is 0 Å². The molecule has 0 aliphatic carbocycles. The number of aromatic amines is 2. The van der Waals surface area contributed by atoms with Gasteiger partial charge in [-0.25, -0.2) is 9.97 Å². The zero-order valence-electron chi connectivity index (χ0n) is 12.9. The van der Waals surface area contributed by atoms with Gasteiger partial charge in [-0.1, -0.05) is 6.07 Å². The molecule has 0 spiro atoms. The SMILES string of the molecule is N=C(N)c1ccc2nc(Cc3nc4c([N+](=O)[O-])cccc4[nH]3)[nH]c2c1. The predicted octanol–water partition coefficient (Wildman–Crippen LogP) is 2.22. The molecule has 0 saturated carbocycles. The molecule has 124 valence electrons. The van der Waals surface area contributed by atoms with Gasteiger partial charge in [0, 0.05) is 11.6 Å². The molecule has 2 aromatic carbocycles. The first kappa shape index (κ1) is 14.8. The second kappa shape index (κ2) is 5.41. The molecule has 0 radical (unpaired) electrons. The van der Waals surface area contributed by atoms with Crippen LogP contribution in [0.25, 0.3) is 22.1 Å². The fraction of sp³-hybridized carbons (Fsp3) is 0.0625. The predicted molar refractivity (Wildman–Crippen MR) is 92.7 cm³/mol. The van der Waals surface area contributed by atoms with E-state index in [4.69, 9.17) is 11.1 Å². The number of H-pyrrole nitrogens is 2. The van der Waals surface area contributed by atoms with Crippen LogP contribution in [0.5, 0.6) is 0 Å². The maximum Gasteiger partial charge on any atom is 0.297 e. The van der Waals surface area contributed by atoms with E-state index in [0.717, 1.165) is 11.0 Å². The summed E-state index contributed by atoms with van der Waals surface area (Å²) in [5, 5.41) is 18.6. The lowest BCUT2D eigenvalue weighted by Gasteiger charge is -1.96. The van der Waals surface area contributed by atoms with E-state index < -0.39 is 4.92 Å². The van der Waals surface area contributed by atoms with E-state index in [-0.39, 0.29) is 11.5 Å². The van der Waals surface area contributed by atoms with Crippen LogP contribution in [-0.4, -0.2) is 30.7 Å². The Hall–Kier alpha value is -3.75. The number of nitrogens with two attached hydrogens (primary N) is 1. The standard InChI is InChI=1S/C16H13N7O2/c17-16(18)8-4-5-9-11(6-8)21-13(19-9)7-14-20-10-2-1-3-12(23(24)25)15(10)22-14/h1-6H,7H2,(H3,17,18)(H,19,21)(H,20,22). The molecule has 0 saturated heterocycles. The quantitative estimate of drug-likeness (QED) is 0.195. The van der Waals surface area contributed by atoms with Crippen molar-refractivity contribution in [1.82, 2.24) is 19.9 Å². The number of hydrogen-bond donors (Lipinski definition) is 4. The third-order valence-electron chi connectivity index (χ3n) is 3.91. The third-order valence-corrected chi connectivity index (χ3v) is 3.91. The Morgan fingerprint density at radius 1 is 1.16 bits per heavy atom. The van der Waals surface area contributed by atoms with E-state index in [2.05, 4.69) is 19.9 Å². The van der Waals surface area contributed by atoms with Crippen LogP contribution in [0.3, 0.4) is 0 Å². The summed E-state index contributed by atoms with van der Waals surface area (Å²) in [5.74, 6) is 1.23. The average Bonchev–Trinajstić information content (AvgIpc) is 3.15. The highest BCUT2D eigenvalue weighted by Crippen LogP contribution is 2.24. The highest BCUT2D eigenvalue weighted by Gasteiger charge is 2.16. The normalized spacial score (nSPS) is 11.2. The van der Waals surface area contributed by atoms with Crippen LogP contribution in [-0.2, 0) is 6.42 Å². The average molecular weight is 335 g/mol. The monoisotopic (exact) mass is 335 g/mol. The first-order valence-electron chi connectivity index (χ1n) is 7.46. The van der Waals surface area contributed by atoms with Gasteiger partial charge in [0.25, 0.3) is 5.69 Å². The number of nitrogens with one attached hydrogen (secondary N) is 3. The number of nitro groups is 1. The molecule has 0 unspecified atom stereocenters. The van der Waals surface area contributed by atoms with E-state index in [1.165, 1.54) is 6.07 Å². The second-order valence-electron chi connectivity index (χ2n) is 5.62. The summed E-state index contributed by atoms with van der Waals surface area (Å²) < 4.78 is 0. The number of non-ortho nitro benzene ring substituents is 1. The number of aromatic nitrogens is 4. The zero-order valence-corrected chi connectivity index (χ0v) is 12.9. The Morgan fingerprint density at radius 2 is 1.92 bits per heavy atom. The summed E-state index contributed by atoms with van der Waals surface area (Å²) in [6.07, 6.45) is 0.371. The molecule has 0 aliphatic rings. The molecule has 0 bridgehead atoms. The number of benzene rings is 2. The van der Waals surface area contributed by atoms with Crippen molar-refractivity contribution >= 4 is 33.6 Å². The molecule has 4 aromatic rings. The molecule has 0 fully saturated rings. The van der Waals surface area contributed by atoms with Gasteiger partial charge in [-0.05, 0) is 24.3 Å². The Balaban J connectivity index is 1.71. The first-order valence-corrected chi connectivity index (χ1v) is 7.46. The minimum Gasteiger partial charge on any atom is -0.384 e. The highest BCUT2D eigenvalue weighted by atomic mass is 16.6. The van der Waals surface area contributed by atoms with E-state index in [1.807, 2.05) is 0 Å². The maximum atomic E-state index is 11.1. The van der Waals surface area contributed by atoms with Crippen molar-refractivity contribution in [2.45, 2.75) is 6.42 Å². The summed E-state index contributed by atoms with van der Waals surface area (Å²) in [6, 6.07) is 10.1. The van der Waals surface area contributed by atoms with E-state index in [9.17, 15) is 10.1 Å². The van der Waals surface area contributed by atoms with Gasteiger partial charge in [-0.15, -0.1) is 0 Å². The molecule has 9 nitrogen and oxygen atoms in total. The molecule has 0 amide bonds. The molecular weight excluding hydrogens is 322 g/mol. The number of para-hydroxylation sites is 1.